The zero-order valence-corrected chi connectivity index (χ0v) is 17.4. The van der Waals surface area contributed by atoms with E-state index in [2.05, 4.69) is 30.6 Å². The van der Waals surface area contributed by atoms with Crippen molar-refractivity contribution in [1.29, 1.82) is 0 Å². The fourth-order valence-corrected chi connectivity index (χ4v) is 3.10. The van der Waals surface area contributed by atoms with Crippen LogP contribution in [0.4, 0.5) is 11.5 Å². The average molecular weight is 411 g/mol. The van der Waals surface area contributed by atoms with Crippen molar-refractivity contribution in [2.45, 2.75) is 13.8 Å². The van der Waals surface area contributed by atoms with E-state index in [1.165, 1.54) is 0 Å². The Morgan fingerprint density at radius 3 is 2.52 bits per heavy atom. The van der Waals surface area contributed by atoms with Gasteiger partial charge in [-0.15, -0.1) is 0 Å². The smallest absolute Gasteiger partial charge is 0.255 e. The molecule has 8 nitrogen and oxygen atoms in total. The van der Waals surface area contributed by atoms with Crippen molar-refractivity contribution in [3.8, 4) is 22.6 Å². The van der Waals surface area contributed by atoms with Crippen LogP contribution in [0, 0.1) is 13.8 Å². The molecule has 4 aromatic rings. The highest BCUT2D eigenvalue weighted by Crippen LogP contribution is 2.26. The van der Waals surface area contributed by atoms with E-state index in [1.54, 1.807) is 36.9 Å². The van der Waals surface area contributed by atoms with Gasteiger partial charge in [0.05, 0.1) is 17.6 Å². The number of nitrogens with one attached hydrogen (secondary N) is 2. The van der Waals surface area contributed by atoms with E-state index >= 15 is 0 Å². The molecule has 0 bridgehead atoms. The fraction of sp³-hybridized carbons (Fsp3) is 0.130. The van der Waals surface area contributed by atoms with E-state index in [-0.39, 0.29) is 5.91 Å². The third kappa shape index (κ3) is 4.53. The molecule has 0 spiro atoms. The van der Waals surface area contributed by atoms with Gasteiger partial charge in [-0.3, -0.25) is 14.8 Å². The Labute approximate surface area is 179 Å². The van der Waals surface area contributed by atoms with Crippen molar-refractivity contribution in [3.05, 3.63) is 78.1 Å². The van der Waals surface area contributed by atoms with Crippen molar-refractivity contribution in [2.75, 3.05) is 17.7 Å². The first kappa shape index (κ1) is 20.1. The van der Waals surface area contributed by atoms with Crippen LogP contribution in [0.1, 0.15) is 21.7 Å². The summed E-state index contributed by atoms with van der Waals surface area (Å²) < 4.78 is 0. The third-order valence-electron chi connectivity index (χ3n) is 4.71. The second-order valence-electron chi connectivity index (χ2n) is 6.94. The Balaban J connectivity index is 1.65. The third-order valence-corrected chi connectivity index (χ3v) is 4.71. The normalized spacial score (nSPS) is 10.5. The standard InChI is InChI=1S/C23H21N7O/c1-14-10-17(5-7-25-14)23(31)29-18-12-19(15(2)28-13-18)20-6-9-27-22(30-20)16-4-8-26-21(11-16)24-3/h4-13H,1-3H3,(H,24,26)(H,29,31). The Morgan fingerprint density at radius 1 is 0.903 bits per heavy atom. The van der Waals surface area contributed by atoms with Gasteiger partial charge in [0.1, 0.15) is 5.82 Å². The molecule has 0 aliphatic carbocycles. The molecule has 0 saturated carbocycles. The molecule has 0 saturated heterocycles. The maximum atomic E-state index is 12.6. The van der Waals surface area contributed by atoms with Gasteiger partial charge in [0.25, 0.3) is 5.91 Å². The van der Waals surface area contributed by atoms with Crippen molar-refractivity contribution in [2.24, 2.45) is 0 Å². The largest absolute Gasteiger partial charge is 0.373 e. The van der Waals surface area contributed by atoms with E-state index in [4.69, 9.17) is 4.98 Å². The van der Waals surface area contributed by atoms with Crippen LogP contribution in [-0.4, -0.2) is 37.9 Å². The van der Waals surface area contributed by atoms with Crippen LogP contribution in [0.15, 0.2) is 61.2 Å². The average Bonchev–Trinajstić information content (AvgIpc) is 2.80. The van der Waals surface area contributed by atoms with Gasteiger partial charge in [0.2, 0.25) is 0 Å². The van der Waals surface area contributed by atoms with Crippen LogP contribution in [-0.2, 0) is 0 Å². The molecule has 4 aromatic heterocycles. The first-order chi connectivity index (χ1) is 15.0. The lowest BCUT2D eigenvalue weighted by atomic mass is 10.1. The van der Waals surface area contributed by atoms with Crippen molar-refractivity contribution >= 4 is 17.4 Å². The summed E-state index contributed by atoms with van der Waals surface area (Å²) in [6.07, 6.45) is 6.67. The second-order valence-corrected chi connectivity index (χ2v) is 6.94. The number of amides is 1. The number of nitrogens with zero attached hydrogens (tertiary/aromatic N) is 5. The predicted molar refractivity (Wildman–Crippen MR) is 120 cm³/mol. The number of rotatable bonds is 5. The molecule has 0 unspecified atom stereocenters. The highest BCUT2D eigenvalue weighted by Gasteiger charge is 2.12. The zero-order valence-electron chi connectivity index (χ0n) is 17.4. The highest BCUT2D eigenvalue weighted by atomic mass is 16.1. The van der Waals surface area contributed by atoms with Crippen molar-refractivity contribution in [3.63, 3.8) is 0 Å². The number of carbonyl (C=O) groups is 1. The number of anilines is 2. The Bertz CT molecular complexity index is 1260. The maximum absolute atomic E-state index is 12.6. The molecule has 1 amide bonds. The summed E-state index contributed by atoms with van der Waals surface area (Å²) in [5.74, 6) is 1.10. The van der Waals surface area contributed by atoms with Gasteiger partial charge in [-0.25, -0.2) is 15.0 Å². The van der Waals surface area contributed by atoms with Crippen LogP contribution in [0.5, 0.6) is 0 Å². The highest BCUT2D eigenvalue weighted by molar-refractivity contribution is 6.04. The molecule has 0 aromatic carbocycles. The molecule has 4 heterocycles. The van der Waals surface area contributed by atoms with E-state index < -0.39 is 0 Å². The summed E-state index contributed by atoms with van der Waals surface area (Å²) in [4.78, 5) is 34.5. The second kappa shape index (κ2) is 8.66. The predicted octanol–water partition coefficient (Wildman–Crippen LogP) is 3.91. The molecule has 0 atom stereocenters. The lowest BCUT2D eigenvalue weighted by Gasteiger charge is -2.10. The number of hydrogen-bond acceptors (Lipinski definition) is 7. The minimum absolute atomic E-state index is 0.220. The molecule has 8 heteroatoms. The number of carbonyl (C=O) groups excluding carboxylic acids is 1. The van der Waals surface area contributed by atoms with Crippen LogP contribution in [0.2, 0.25) is 0 Å². The van der Waals surface area contributed by atoms with Crippen LogP contribution in [0.3, 0.4) is 0 Å². The fourth-order valence-electron chi connectivity index (χ4n) is 3.10. The van der Waals surface area contributed by atoms with Gasteiger partial charge in [0, 0.05) is 53.7 Å². The molecule has 0 fully saturated rings. The van der Waals surface area contributed by atoms with Crippen LogP contribution >= 0.6 is 0 Å². The molecule has 0 radical (unpaired) electrons. The molecular formula is C23H21N7O. The lowest BCUT2D eigenvalue weighted by molar-refractivity contribution is 0.102. The topological polar surface area (TPSA) is 106 Å². The molecular weight excluding hydrogens is 390 g/mol. The van der Waals surface area contributed by atoms with Gasteiger partial charge in [-0.2, -0.15) is 0 Å². The molecule has 4 rings (SSSR count). The summed E-state index contributed by atoms with van der Waals surface area (Å²) in [5.41, 5.74) is 5.08. The van der Waals surface area contributed by atoms with Gasteiger partial charge >= 0.3 is 0 Å². The SMILES string of the molecule is CNc1cc(-c2nccc(-c3cc(NC(=O)c4ccnc(C)c4)cnc3C)n2)ccn1. The maximum Gasteiger partial charge on any atom is 0.255 e. The number of hydrogen-bond donors (Lipinski definition) is 2. The first-order valence-corrected chi connectivity index (χ1v) is 9.72. The quantitative estimate of drug-likeness (QED) is 0.513. The van der Waals surface area contributed by atoms with Crippen molar-refractivity contribution < 1.29 is 4.79 Å². The molecule has 154 valence electrons. The van der Waals surface area contributed by atoms with Crippen LogP contribution < -0.4 is 10.6 Å². The molecule has 0 aliphatic rings. The summed E-state index contributed by atoms with van der Waals surface area (Å²) in [6.45, 7) is 3.75. The van der Waals surface area contributed by atoms with E-state index in [0.717, 1.165) is 28.3 Å². The van der Waals surface area contributed by atoms with Crippen LogP contribution in [0.25, 0.3) is 22.6 Å². The zero-order chi connectivity index (χ0) is 21.8. The van der Waals surface area contributed by atoms with E-state index in [9.17, 15) is 4.79 Å². The van der Waals surface area contributed by atoms with E-state index in [0.29, 0.717) is 22.8 Å². The van der Waals surface area contributed by atoms with Gasteiger partial charge in [-0.1, -0.05) is 0 Å². The summed E-state index contributed by atoms with van der Waals surface area (Å²) in [6, 6.07) is 10.9. The summed E-state index contributed by atoms with van der Waals surface area (Å²) in [5, 5.41) is 5.91. The minimum Gasteiger partial charge on any atom is -0.373 e. The Hall–Kier alpha value is -4.20. The van der Waals surface area contributed by atoms with Gasteiger partial charge in [-0.05, 0) is 50.2 Å². The lowest BCUT2D eigenvalue weighted by Crippen LogP contribution is -2.12. The van der Waals surface area contributed by atoms with E-state index in [1.807, 2.05) is 45.2 Å². The molecule has 31 heavy (non-hydrogen) atoms. The molecule has 0 aliphatic heterocycles. The minimum atomic E-state index is -0.220. The Kier molecular flexibility index (Phi) is 5.61. The number of aromatic nitrogens is 5. The summed E-state index contributed by atoms with van der Waals surface area (Å²) in [7, 11) is 1.81. The monoisotopic (exact) mass is 411 g/mol. The summed E-state index contributed by atoms with van der Waals surface area (Å²) >= 11 is 0. The number of pyridine rings is 3. The Morgan fingerprint density at radius 2 is 1.71 bits per heavy atom. The van der Waals surface area contributed by atoms with Crippen molar-refractivity contribution in [1.82, 2.24) is 24.9 Å². The first-order valence-electron chi connectivity index (χ1n) is 9.72. The van der Waals surface area contributed by atoms with Gasteiger partial charge in [0.15, 0.2) is 5.82 Å². The number of aryl methyl sites for hydroxylation is 2. The van der Waals surface area contributed by atoms with Gasteiger partial charge < -0.3 is 10.6 Å². The molecule has 2 N–H and O–H groups in total.